The first-order chi connectivity index (χ1) is 15.1. The molecule has 0 aliphatic heterocycles. The molecule has 31 heavy (non-hydrogen) atoms. The van der Waals surface area contributed by atoms with Gasteiger partial charge in [0.05, 0.1) is 16.8 Å². The summed E-state index contributed by atoms with van der Waals surface area (Å²) in [6, 6.07) is 28.6. The third-order valence-corrected chi connectivity index (χ3v) is 5.36. The van der Waals surface area contributed by atoms with Crippen LogP contribution < -0.4 is 5.63 Å². The minimum absolute atomic E-state index is 0.0841. The van der Waals surface area contributed by atoms with Crippen molar-refractivity contribution in [3.8, 4) is 39.4 Å². The smallest absolute Gasteiger partial charge is 0.347 e. The summed E-state index contributed by atoms with van der Waals surface area (Å²) in [6.07, 6.45) is 0. The molecule has 0 atom stereocenters. The normalized spacial score (nSPS) is 11.0. The Kier molecular flexibility index (Phi) is 4.60. The highest BCUT2D eigenvalue weighted by atomic mass is 16.4. The van der Waals surface area contributed by atoms with E-state index in [-0.39, 0.29) is 11.3 Å². The van der Waals surface area contributed by atoms with Crippen molar-refractivity contribution in [3.63, 3.8) is 0 Å². The van der Waals surface area contributed by atoms with Crippen LogP contribution in [0.4, 0.5) is 0 Å². The van der Waals surface area contributed by atoms with Crippen molar-refractivity contribution < 1.29 is 9.52 Å². The molecule has 4 nitrogen and oxygen atoms in total. The zero-order valence-corrected chi connectivity index (χ0v) is 16.9. The number of para-hydroxylation sites is 1. The van der Waals surface area contributed by atoms with Crippen LogP contribution in [-0.4, -0.2) is 10.1 Å². The van der Waals surface area contributed by atoms with Gasteiger partial charge in [0.2, 0.25) is 0 Å². The number of pyridine rings is 1. The number of benzene rings is 3. The number of aryl methyl sites for hydroxylation is 1. The summed E-state index contributed by atoms with van der Waals surface area (Å²) in [5, 5.41) is 11.6. The molecule has 150 valence electrons. The third kappa shape index (κ3) is 3.38. The van der Waals surface area contributed by atoms with Crippen LogP contribution in [0.15, 0.2) is 100 Å². The predicted octanol–water partition coefficient (Wildman–Crippen LogP) is 6.20. The highest BCUT2D eigenvalue weighted by molar-refractivity contribution is 5.92. The van der Waals surface area contributed by atoms with Crippen LogP contribution in [-0.2, 0) is 0 Å². The average molecular weight is 405 g/mol. The van der Waals surface area contributed by atoms with Gasteiger partial charge in [-0.15, -0.1) is 0 Å². The van der Waals surface area contributed by atoms with Crippen molar-refractivity contribution in [3.05, 3.63) is 107 Å². The van der Waals surface area contributed by atoms with Gasteiger partial charge in [-0.3, -0.25) is 0 Å². The van der Waals surface area contributed by atoms with Crippen LogP contribution in [0.5, 0.6) is 5.75 Å². The molecule has 0 saturated carbocycles. The summed E-state index contributed by atoms with van der Waals surface area (Å²) in [6.45, 7) is 1.85. The molecule has 0 saturated heterocycles. The number of rotatable bonds is 3. The Hall–Kier alpha value is -4.18. The standard InChI is InChI=1S/C27H19NO3/c1-17-9-8-14-21-25(29)24(27(30)31-26(17)21)20-15-22(18-10-4-2-5-11-18)28-23(16-20)19-12-6-3-7-13-19/h2-16,29H,1H3. The fourth-order valence-electron chi connectivity index (χ4n) is 3.79. The molecule has 3 aromatic carbocycles. The molecule has 0 amide bonds. The molecular formula is C27H19NO3. The molecule has 0 bridgehead atoms. The Balaban J connectivity index is 1.81. The van der Waals surface area contributed by atoms with Gasteiger partial charge in [-0.05, 0) is 36.2 Å². The molecule has 4 heteroatoms. The van der Waals surface area contributed by atoms with Gasteiger partial charge in [0.1, 0.15) is 16.9 Å². The van der Waals surface area contributed by atoms with Crippen LogP contribution in [0.2, 0.25) is 0 Å². The van der Waals surface area contributed by atoms with E-state index < -0.39 is 5.63 Å². The molecule has 5 rings (SSSR count). The highest BCUT2D eigenvalue weighted by Gasteiger charge is 2.19. The molecule has 0 aliphatic rings. The van der Waals surface area contributed by atoms with Crippen LogP contribution >= 0.6 is 0 Å². The Morgan fingerprint density at radius 3 is 1.90 bits per heavy atom. The van der Waals surface area contributed by atoms with E-state index in [4.69, 9.17) is 9.40 Å². The maximum Gasteiger partial charge on any atom is 0.347 e. The molecule has 0 unspecified atom stereocenters. The van der Waals surface area contributed by atoms with Crippen LogP contribution in [0.1, 0.15) is 5.56 Å². The molecule has 5 aromatic rings. The molecule has 0 aliphatic carbocycles. The molecule has 2 heterocycles. The fourth-order valence-corrected chi connectivity index (χ4v) is 3.79. The molecule has 0 radical (unpaired) electrons. The van der Waals surface area contributed by atoms with E-state index in [0.29, 0.717) is 27.9 Å². The van der Waals surface area contributed by atoms with E-state index in [1.807, 2.05) is 91.9 Å². The SMILES string of the molecule is Cc1cccc2c(O)c(-c3cc(-c4ccccc4)nc(-c4ccccc4)c3)c(=O)oc12. The summed E-state index contributed by atoms with van der Waals surface area (Å²) >= 11 is 0. The van der Waals surface area contributed by atoms with Gasteiger partial charge >= 0.3 is 5.63 Å². The second-order valence-electron chi connectivity index (χ2n) is 7.42. The van der Waals surface area contributed by atoms with Crippen LogP contribution in [0.25, 0.3) is 44.6 Å². The lowest BCUT2D eigenvalue weighted by Gasteiger charge is -2.12. The largest absolute Gasteiger partial charge is 0.506 e. The Bertz CT molecular complexity index is 1400. The number of aromatic nitrogens is 1. The fraction of sp³-hybridized carbons (Fsp3) is 0.0370. The first-order valence-electron chi connectivity index (χ1n) is 10.0. The summed E-state index contributed by atoms with van der Waals surface area (Å²) in [7, 11) is 0. The molecule has 1 N–H and O–H groups in total. The van der Waals surface area contributed by atoms with Gasteiger partial charge in [0, 0.05) is 11.1 Å². The topological polar surface area (TPSA) is 63.3 Å². The van der Waals surface area contributed by atoms with Crippen LogP contribution in [0.3, 0.4) is 0 Å². The molecule has 0 spiro atoms. The maximum atomic E-state index is 13.0. The zero-order valence-electron chi connectivity index (χ0n) is 16.9. The van der Waals surface area contributed by atoms with Gasteiger partial charge in [-0.1, -0.05) is 72.8 Å². The molecular weight excluding hydrogens is 386 g/mol. The van der Waals surface area contributed by atoms with Crippen molar-refractivity contribution >= 4 is 11.0 Å². The van der Waals surface area contributed by atoms with Crippen molar-refractivity contribution in [2.45, 2.75) is 6.92 Å². The van der Waals surface area contributed by atoms with E-state index in [1.165, 1.54) is 0 Å². The lowest BCUT2D eigenvalue weighted by molar-refractivity contribution is 0.471. The minimum Gasteiger partial charge on any atom is -0.506 e. The van der Waals surface area contributed by atoms with Gasteiger partial charge < -0.3 is 9.52 Å². The van der Waals surface area contributed by atoms with E-state index in [1.54, 1.807) is 6.07 Å². The van der Waals surface area contributed by atoms with Gasteiger partial charge in [-0.25, -0.2) is 9.78 Å². The first-order valence-corrected chi connectivity index (χ1v) is 10.0. The lowest BCUT2D eigenvalue weighted by Crippen LogP contribution is -2.05. The van der Waals surface area contributed by atoms with Crippen LogP contribution in [0, 0.1) is 6.92 Å². The van der Waals surface area contributed by atoms with E-state index in [2.05, 4.69) is 0 Å². The lowest BCUT2D eigenvalue weighted by atomic mass is 9.99. The Morgan fingerprint density at radius 2 is 1.32 bits per heavy atom. The Labute approximate surface area is 179 Å². The summed E-state index contributed by atoms with van der Waals surface area (Å²) in [5.74, 6) is -0.0841. The van der Waals surface area contributed by atoms with E-state index >= 15 is 0 Å². The predicted molar refractivity (Wildman–Crippen MR) is 123 cm³/mol. The summed E-state index contributed by atoms with van der Waals surface area (Å²) < 4.78 is 5.61. The number of fused-ring (bicyclic) bond motifs is 1. The molecule has 0 fully saturated rings. The second kappa shape index (κ2) is 7.58. The summed E-state index contributed by atoms with van der Waals surface area (Å²) in [4.78, 5) is 17.8. The van der Waals surface area contributed by atoms with E-state index in [0.717, 1.165) is 16.7 Å². The van der Waals surface area contributed by atoms with Crippen molar-refractivity contribution in [1.29, 1.82) is 0 Å². The highest BCUT2D eigenvalue weighted by Crippen LogP contribution is 2.37. The molecule has 2 aromatic heterocycles. The van der Waals surface area contributed by atoms with Crippen molar-refractivity contribution in [2.75, 3.05) is 0 Å². The number of hydrogen-bond donors (Lipinski definition) is 1. The maximum absolute atomic E-state index is 13.0. The zero-order chi connectivity index (χ0) is 21.4. The van der Waals surface area contributed by atoms with Gasteiger partial charge in [0.15, 0.2) is 0 Å². The summed E-state index contributed by atoms with van der Waals surface area (Å²) in [5.41, 5.74) is 4.56. The quantitative estimate of drug-likeness (QED) is 0.363. The minimum atomic E-state index is -0.580. The van der Waals surface area contributed by atoms with E-state index in [9.17, 15) is 9.90 Å². The second-order valence-corrected chi connectivity index (χ2v) is 7.42. The number of aromatic hydroxyl groups is 1. The monoisotopic (exact) mass is 405 g/mol. The number of nitrogens with zero attached hydrogens (tertiary/aromatic N) is 1. The third-order valence-electron chi connectivity index (χ3n) is 5.36. The first kappa shape index (κ1) is 18.8. The number of hydrogen-bond acceptors (Lipinski definition) is 4. The Morgan fingerprint density at radius 1 is 0.742 bits per heavy atom. The van der Waals surface area contributed by atoms with Gasteiger partial charge in [0.25, 0.3) is 0 Å². The van der Waals surface area contributed by atoms with Gasteiger partial charge in [-0.2, -0.15) is 0 Å². The van der Waals surface area contributed by atoms with Crippen molar-refractivity contribution in [2.24, 2.45) is 0 Å². The average Bonchev–Trinajstić information content (AvgIpc) is 2.81. The van der Waals surface area contributed by atoms with Crippen molar-refractivity contribution in [1.82, 2.24) is 4.98 Å².